The Balaban J connectivity index is 2.01. The van der Waals surface area contributed by atoms with Crippen LogP contribution in [-0.4, -0.2) is 15.7 Å². The third-order valence-electron chi connectivity index (χ3n) is 2.42. The predicted molar refractivity (Wildman–Crippen MR) is 63.2 cm³/mol. The minimum atomic E-state index is -0.459. The van der Waals surface area contributed by atoms with E-state index < -0.39 is 5.97 Å². The first kappa shape index (κ1) is 11.2. The number of rotatable bonds is 3. The van der Waals surface area contributed by atoms with E-state index in [2.05, 4.69) is 5.10 Å². The molecule has 1 heterocycles. The number of hydrogen-bond donors (Lipinski definition) is 1. The van der Waals surface area contributed by atoms with Gasteiger partial charge in [-0.25, -0.2) is 4.79 Å². The Labute approximate surface area is 98.8 Å². The summed E-state index contributed by atoms with van der Waals surface area (Å²) in [5, 5.41) is 3.88. The third kappa shape index (κ3) is 2.44. The number of aryl methyl sites for hydroxylation is 1. The Morgan fingerprint density at radius 3 is 2.71 bits per heavy atom. The minimum absolute atomic E-state index is 0.230. The summed E-state index contributed by atoms with van der Waals surface area (Å²) in [6.07, 6.45) is 1.41. The lowest BCUT2D eigenvalue weighted by molar-refractivity contribution is 0.0474. The van der Waals surface area contributed by atoms with Crippen molar-refractivity contribution in [1.29, 1.82) is 0 Å². The van der Waals surface area contributed by atoms with Crippen molar-refractivity contribution in [3.63, 3.8) is 0 Å². The van der Waals surface area contributed by atoms with Crippen LogP contribution in [0, 0.1) is 0 Å². The maximum absolute atomic E-state index is 11.7. The fraction of sp³-hybridized carbons (Fsp3) is 0.167. The SMILES string of the molecule is Cn1ncc(C(=O)OCc2ccccc2)c1N. The van der Waals surface area contributed by atoms with Crippen LogP contribution in [0.1, 0.15) is 15.9 Å². The Bertz CT molecular complexity index is 520. The molecule has 0 aliphatic rings. The number of nitrogens with zero attached hydrogens (tertiary/aromatic N) is 2. The van der Waals surface area contributed by atoms with Gasteiger partial charge in [0.25, 0.3) is 0 Å². The smallest absolute Gasteiger partial charge is 0.343 e. The van der Waals surface area contributed by atoms with E-state index in [1.165, 1.54) is 10.9 Å². The largest absolute Gasteiger partial charge is 0.457 e. The Morgan fingerprint density at radius 2 is 2.12 bits per heavy atom. The van der Waals surface area contributed by atoms with Crippen molar-refractivity contribution in [2.24, 2.45) is 7.05 Å². The van der Waals surface area contributed by atoms with Gasteiger partial charge in [0.2, 0.25) is 0 Å². The average molecular weight is 231 g/mol. The molecule has 0 aliphatic heterocycles. The molecule has 17 heavy (non-hydrogen) atoms. The maximum atomic E-state index is 11.7. The number of nitrogen functional groups attached to an aromatic ring is 1. The highest BCUT2D eigenvalue weighted by Gasteiger charge is 2.14. The molecule has 0 aliphatic carbocycles. The minimum Gasteiger partial charge on any atom is -0.457 e. The van der Waals surface area contributed by atoms with Gasteiger partial charge in [0.15, 0.2) is 0 Å². The Hall–Kier alpha value is -2.30. The van der Waals surface area contributed by atoms with E-state index in [9.17, 15) is 4.79 Å². The molecule has 0 bridgehead atoms. The van der Waals surface area contributed by atoms with E-state index in [0.717, 1.165) is 5.56 Å². The van der Waals surface area contributed by atoms with Gasteiger partial charge in [-0.15, -0.1) is 0 Å². The van der Waals surface area contributed by atoms with E-state index in [1.807, 2.05) is 30.3 Å². The summed E-state index contributed by atoms with van der Waals surface area (Å²) in [7, 11) is 1.67. The van der Waals surface area contributed by atoms with Gasteiger partial charge in [-0.05, 0) is 5.56 Å². The van der Waals surface area contributed by atoms with Gasteiger partial charge in [-0.1, -0.05) is 30.3 Å². The van der Waals surface area contributed by atoms with Crippen molar-refractivity contribution >= 4 is 11.8 Å². The van der Waals surface area contributed by atoms with Crippen LogP contribution in [0.15, 0.2) is 36.5 Å². The lowest BCUT2D eigenvalue weighted by Crippen LogP contribution is -2.08. The van der Waals surface area contributed by atoms with Crippen molar-refractivity contribution in [3.05, 3.63) is 47.7 Å². The second-order valence-electron chi connectivity index (χ2n) is 3.63. The number of benzene rings is 1. The first-order chi connectivity index (χ1) is 8.18. The van der Waals surface area contributed by atoms with Gasteiger partial charge in [0.1, 0.15) is 18.0 Å². The molecule has 5 heteroatoms. The molecule has 2 aromatic rings. The highest BCUT2D eigenvalue weighted by molar-refractivity contribution is 5.93. The molecule has 0 atom stereocenters. The zero-order valence-corrected chi connectivity index (χ0v) is 9.46. The quantitative estimate of drug-likeness (QED) is 0.810. The van der Waals surface area contributed by atoms with Crippen LogP contribution in [-0.2, 0) is 18.4 Å². The first-order valence-electron chi connectivity index (χ1n) is 5.17. The monoisotopic (exact) mass is 231 g/mol. The van der Waals surface area contributed by atoms with E-state index >= 15 is 0 Å². The van der Waals surface area contributed by atoms with Crippen LogP contribution >= 0.6 is 0 Å². The summed E-state index contributed by atoms with van der Waals surface area (Å²) in [5.74, 6) is -0.150. The molecule has 1 aromatic carbocycles. The number of anilines is 1. The summed E-state index contributed by atoms with van der Waals surface area (Å²) in [6, 6.07) is 9.47. The molecule has 0 amide bonds. The molecule has 5 nitrogen and oxygen atoms in total. The van der Waals surface area contributed by atoms with Crippen molar-refractivity contribution in [2.75, 3.05) is 5.73 Å². The normalized spacial score (nSPS) is 10.2. The zero-order chi connectivity index (χ0) is 12.3. The lowest BCUT2D eigenvalue weighted by atomic mass is 10.2. The molecule has 1 aromatic heterocycles. The topological polar surface area (TPSA) is 70.1 Å². The highest BCUT2D eigenvalue weighted by atomic mass is 16.5. The molecule has 0 saturated heterocycles. The second kappa shape index (κ2) is 4.69. The molecule has 2 rings (SSSR count). The van der Waals surface area contributed by atoms with Gasteiger partial charge in [-0.2, -0.15) is 5.10 Å². The van der Waals surface area contributed by atoms with Gasteiger partial charge in [0.05, 0.1) is 6.20 Å². The van der Waals surface area contributed by atoms with Crippen LogP contribution < -0.4 is 5.73 Å². The fourth-order valence-corrected chi connectivity index (χ4v) is 1.41. The first-order valence-corrected chi connectivity index (χ1v) is 5.17. The van der Waals surface area contributed by atoms with Crippen molar-refractivity contribution in [2.45, 2.75) is 6.61 Å². The average Bonchev–Trinajstić information content (AvgIpc) is 2.69. The highest BCUT2D eigenvalue weighted by Crippen LogP contribution is 2.12. The van der Waals surface area contributed by atoms with E-state index in [1.54, 1.807) is 7.05 Å². The van der Waals surface area contributed by atoms with Crippen molar-refractivity contribution < 1.29 is 9.53 Å². The summed E-state index contributed by atoms with van der Waals surface area (Å²) in [5.41, 5.74) is 6.90. The molecule has 0 fully saturated rings. The summed E-state index contributed by atoms with van der Waals surface area (Å²) in [6.45, 7) is 0.230. The van der Waals surface area contributed by atoms with Gasteiger partial charge < -0.3 is 10.5 Å². The van der Waals surface area contributed by atoms with Crippen molar-refractivity contribution in [3.8, 4) is 0 Å². The van der Waals surface area contributed by atoms with Crippen LogP contribution in [0.3, 0.4) is 0 Å². The summed E-state index contributed by atoms with van der Waals surface area (Å²) < 4.78 is 6.57. The van der Waals surface area contributed by atoms with E-state index in [-0.39, 0.29) is 6.61 Å². The molecular formula is C12H13N3O2. The fourth-order valence-electron chi connectivity index (χ4n) is 1.41. The van der Waals surface area contributed by atoms with Crippen LogP contribution in [0.2, 0.25) is 0 Å². The molecule has 2 N–H and O–H groups in total. The van der Waals surface area contributed by atoms with Gasteiger partial charge >= 0.3 is 5.97 Å². The number of carbonyl (C=O) groups excluding carboxylic acids is 1. The summed E-state index contributed by atoms with van der Waals surface area (Å²) in [4.78, 5) is 11.7. The van der Waals surface area contributed by atoms with E-state index in [4.69, 9.17) is 10.5 Å². The zero-order valence-electron chi connectivity index (χ0n) is 9.46. The number of ether oxygens (including phenoxy) is 1. The molecular weight excluding hydrogens is 218 g/mol. The third-order valence-corrected chi connectivity index (χ3v) is 2.42. The second-order valence-corrected chi connectivity index (χ2v) is 3.63. The maximum Gasteiger partial charge on any atom is 0.343 e. The van der Waals surface area contributed by atoms with Crippen LogP contribution in [0.5, 0.6) is 0 Å². The summed E-state index contributed by atoms with van der Waals surface area (Å²) >= 11 is 0. The molecule has 0 radical (unpaired) electrons. The standard InChI is InChI=1S/C12H13N3O2/c1-15-11(13)10(7-14-15)12(16)17-8-9-5-3-2-4-6-9/h2-7H,8,13H2,1H3. The number of carbonyl (C=O) groups is 1. The number of hydrogen-bond acceptors (Lipinski definition) is 4. The number of nitrogens with two attached hydrogens (primary N) is 1. The van der Waals surface area contributed by atoms with Crippen molar-refractivity contribution in [1.82, 2.24) is 9.78 Å². The number of esters is 1. The molecule has 0 unspecified atom stereocenters. The van der Waals surface area contributed by atoms with Gasteiger partial charge in [0, 0.05) is 7.05 Å². The Kier molecular flexibility index (Phi) is 3.09. The van der Waals surface area contributed by atoms with Crippen LogP contribution in [0.25, 0.3) is 0 Å². The lowest BCUT2D eigenvalue weighted by Gasteiger charge is -2.04. The Morgan fingerprint density at radius 1 is 1.41 bits per heavy atom. The molecule has 0 spiro atoms. The van der Waals surface area contributed by atoms with Crippen LogP contribution in [0.4, 0.5) is 5.82 Å². The molecule has 88 valence electrons. The van der Waals surface area contributed by atoms with E-state index in [0.29, 0.717) is 11.4 Å². The molecule has 0 saturated carbocycles. The predicted octanol–water partition coefficient (Wildman–Crippen LogP) is 1.36. The number of aromatic nitrogens is 2. The van der Waals surface area contributed by atoms with Gasteiger partial charge in [-0.3, -0.25) is 4.68 Å².